The van der Waals surface area contributed by atoms with Crippen LogP contribution < -0.4 is 4.74 Å². The molecule has 1 heterocycles. The highest BCUT2D eigenvalue weighted by atomic mass is 32.2. The van der Waals surface area contributed by atoms with Gasteiger partial charge in [0.2, 0.25) is 0 Å². The molecule has 88 valence electrons. The lowest BCUT2D eigenvalue weighted by atomic mass is 9.99. The molecule has 1 aromatic carbocycles. The third-order valence-electron chi connectivity index (χ3n) is 2.87. The van der Waals surface area contributed by atoms with Crippen molar-refractivity contribution in [3.8, 4) is 5.75 Å². The summed E-state index contributed by atoms with van der Waals surface area (Å²) >= 11 is 1.67. The topological polar surface area (TPSA) is 29.5 Å². The molecule has 0 aliphatic carbocycles. The maximum Gasteiger partial charge on any atom is 0.131 e. The number of benzene rings is 1. The van der Waals surface area contributed by atoms with Gasteiger partial charge in [-0.2, -0.15) is 11.8 Å². The first-order chi connectivity index (χ1) is 7.61. The van der Waals surface area contributed by atoms with Gasteiger partial charge in [-0.05, 0) is 18.1 Å². The molecule has 0 bridgehead atoms. The number of thioether (sulfide) groups is 1. The Kier molecular flexibility index (Phi) is 3.40. The summed E-state index contributed by atoms with van der Waals surface area (Å²) in [6, 6.07) is 3.11. The van der Waals surface area contributed by atoms with Crippen LogP contribution in [0.2, 0.25) is 0 Å². The number of halogens is 1. The first kappa shape index (κ1) is 11.7. The molecule has 0 saturated heterocycles. The van der Waals surface area contributed by atoms with Gasteiger partial charge in [-0.25, -0.2) is 4.39 Å². The summed E-state index contributed by atoms with van der Waals surface area (Å²) in [7, 11) is 1.50. The van der Waals surface area contributed by atoms with Crippen molar-refractivity contribution in [1.82, 2.24) is 0 Å². The second kappa shape index (κ2) is 4.63. The first-order valence-corrected chi connectivity index (χ1v) is 6.32. The minimum atomic E-state index is -0.593. The van der Waals surface area contributed by atoms with Crippen LogP contribution in [-0.4, -0.2) is 17.5 Å². The summed E-state index contributed by atoms with van der Waals surface area (Å²) in [5.74, 6) is 0.800. The van der Waals surface area contributed by atoms with Gasteiger partial charge in [0.25, 0.3) is 0 Å². The molecule has 0 radical (unpaired) electrons. The summed E-state index contributed by atoms with van der Waals surface area (Å²) in [6.07, 6.45) is 0.0641. The zero-order chi connectivity index (χ0) is 11.7. The van der Waals surface area contributed by atoms with E-state index >= 15 is 0 Å². The number of hydrogen-bond acceptors (Lipinski definition) is 3. The van der Waals surface area contributed by atoms with Crippen molar-refractivity contribution in [3.05, 3.63) is 29.1 Å². The van der Waals surface area contributed by atoms with Gasteiger partial charge in [0.1, 0.15) is 11.6 Å². The lowest BCUT2D eigenvalue weighted by molar-refractivity contribution is 0.167. The van der Waals surface area contributed by atoms with E-state index < -0.39 is 6.10 Å². The number of fused-ring (bicyclic) bond motifs is 1. The first-order valence-electron chi connectivity index (χ1n) is 5.27. The van der Waals surface area contributed by atoms with E-state index in [9.17, 15) is 9.50 Å². The Labute approximate surface area is 98.8 Å². The van der Waals surface area contributed by atoms with Crippen molar-refractivity contribution in [3.63, 3.8) is 0 Å². The van der Waals surface area contributed by atoms with Crippen LogP contribution in [0.4, 0.5) is 4.39 Å². The molecule has 0 fully saturated rings. The lowest BCUT2D eigenvalue weighted by Gasteiger charge is -2.14. The SMILES string of the molecule is COc1cc(F)c2c(c1)[C@@H](O)CC(C)SC2. The average Bonchev–Trinajstić information content (AvgIpc) is 2.39. The van der Waals surface area contributed by atoms with E-state index in [2.05, 4.69) is 6.92 Å². The highest BCUT2D eigenvalue weighted by Gasteiger charge is 2.24. The van der Waals surface area contributed by atoms with E-state index in [1.54, 1.807) is 17.8 Å². The minimum Gasteiger partial charge on any atom is -0.497 e. The number of rotatable bonds is 1. The van der Waals surface area contributed by atoms with Gasteiger partial charge in [-0.3, -0.25) is 0 Å². The van der Waals surface area contributed by atoms with E-state index in [-0.39, 0.29) is 5.82 Å². The third kappa shape index (κ3) is 2.18. The molecule has 0 amide bonds. The van der Waals surface area contributed by atoms with Crippen LogP contribution in [-0.2, 0) is 5.75 Å². The smallest absolute Gasteiger partial charge is 0.131 e. The monoisotopic (exact) mass is 242 g/mol. The minimum absolute atomic E-state index is 0.282. The molecule has 0 spiro atoms. The Morgan fingerprint density at radius 1 is 1.50 bits per heavy atom. The zero-order valence-electron chi connectivity index (χ0n) is 9.37. The second-order valence-electron chi connectivity index (χ2n) is 4.05. The van der Waals surface area contributed by atoms with Crippen LogP contribution in [0.25, 0.3) is 0 Å². The molecule has 2 atom stereocenters. The van der Waals surface area contributed by atoms with Gasteiger partial charge in [-0.1, -0.05) is 6.92 Å². The fraction of sp³-hybridized carbons (Fsp3) is 0.500. The van der Waals surface area contributed by atoms with E-state index in [0.29, 0.717) is 34.3 Å². The summed E-state index contributed by atoms with van der Waals surface area (Å²) in [5.41, 5.74) is 1.29. The number of aliphatic hydroxyl groups excluding tert-OH is 1. The highest BCUT2D eigenvalue weighted by molar-refractivity contribution is 7.99. The Balaban J connectivity index is 2.47. The molecule has 1 N–H and O–H groups in total. The molecular formula is C12H15FO2S. The summed E-state index contributed by atoms with van der Waals surface area (Å²) in [4.78, 5) is 0. The van der Waals surface area contributed by atoms with Crippen LogP contribution >= 0.6 is 11.8 Å². The average molecular weight is 242 g/mol. The number of hydrogen-bond donors (Lipinski definition) is 1. The predicted molar refractivity (Wildman–Crippen MR) is 63.3 cm³/mol. The second-order valence-corrected chi connectivity index (χ2v) is 5.48. The van der Waals surface area contributed by atoms with Crippen molar-refractivity contribution >= 4 is 11.8 Å². The molecule has 4 heteroatoms. The normalized spacial score (nSPS) is 24.8. The summed E-state index contributed by atoms with van der Waals surface area (Å²) in [6.45, 7) is 2.05. The maximum atomic E-state index is 13.8. The lowest BCUT2D eigenvalue weighted by Crippen LogP contribution is -2.05. The number of methoxy groups -OCH3 is 1. The van der Waals surface area contributed by atoms with Gasteiger partial charge in [0, 0.05) is 22.6 Å². The Bertz CT molecular complexity index is 395. The van der Waals surface area contributed by atoms with E-state index in [0.717, 1.165) is 0 Å². The fourth-order valence-corrected chi connectivity index (χ4v) is 3.01. The van der Waals surface area contributed by atoms with E-state index in [1.165, 1.54) is 13.2 Å². The number of ether oxygens (including phenoxy) is 1. The van der Waals surface area contributed by atoms with Crippen LogP contribution in [0, 0.1) is 5.82 Å². The quantitative estimate of drug-likeness (QED) is 0.821. The standard InChI is InChI=1S/C12H15FO2S/c1-7-3-12(14)9-4-8(15-2)5-11(13)10(9)6-16-7/h4-5,7,12,14H,3,6H2,1-2H3/t7?,12-/m0/s1. The van der Waals surface area contributed by atoms with Crippen molar-refractivity contribution in [2.75, 3.05) is 7.11 Å². The van der Waals surface area contributed by atoms with Gasteiger partial charge >= 0.3 is 0 Å². The van der Waals surface area contributed by atoms with Crippen LogP contribution in [0.15, 0.2) is 12.1 Å². The Morgan fingerprint density at radius 3 is 2.94 bits per heavy atom. The summed E-state index contributed by atoms with van der Waals surface area (Å²) in [5, 5.41) is 10.4. The van der Waals surface area contributed by atoms with E-state index in [4.69, 9.17) is 4.74 Å². The van der Waals surface area contributed by atoms with Gasteiger partial charge in [0.15, 0.2) is 0 Å². The van der Waals surface area contributed by atoms with Crippen LogP contribution in [0.3, 0.4) is 0 Å². The molecule has 1 aliphatic rings. The maximum absolute atomic E-state index is 13.8. The molecule has 0 aromatic heterocycles. The van der Waals surface area contributed by atoms with Crippen molar-refractivity contribution in [2.24, 2.45) is 0 Å². The van der Waals surface area contributed by atoms with Gasteiger partial charge in [0.05, 0.1) is 13.2 Å². The third-order valence-corrected chi connectivity index (χ3v) is 4.08. The number of aliphatic hydroxyl groups is 1. The molecule has 1 unspecified atom stereocenters. The fourth-order valence-electron chi connectivity index (χ4n) is 1.93. The van der Waals surface area contributed by atoms with Crippen LogP contribution in [0.5, 0.6) is 5.75 Å². The van der Waals surface area contributed by atoms with Crippen LogP contribution in [0.1, 0.15) is 30.6 Å². The molecule has 1 aromatic rings. The summed E-state index contributed by atoms with van der Waals surface area (Å²) < 4.78 is 18.8. The van der Waals surface area contributed by atoms with E-state index in [1.807, 2.05) is 0 Å². The van der Waals surface area contributed by atoms with Gasteiger partial charge in [-0.15, -0.1) is 0 Å². The molecule has 2 rings (SSSR count). The predicted octanol–water partition coefficient (Wildman–Crippen LogP) is 2.89. The van der Waals surface area contributed by atoms with Gasteiger partial charge < -0.3 is 9.84 Å². The van der Waals surface area contributed by atoms with Crippen molar-refractivity contribution in [1.29, 1.82) is 0 Å². The largest absolute Gasteiger partial charge is 0.497 e. The Hall–Kier alpha value is -0.740. The molecule has 2 nitrogen and oxygen atoms in total. The molecule has 0 saturated carbocycles. The highest BCUT2D eigenvalue weighted by Crippen LogP contribution is 2.37. The molecule has 16 heavy (non-hydrogen) atoms. The molecule has 1 aliphatic heterocycles. The van der Waals surface area contributed by atoms with Crippen molar-refractivity contribution in [2.45, 2.75) is 30.5 Å². The Morgan fingerprint density at radius 2 is 2.25 bits per heavy atom. The van der Waals surface area contributed by atoms with Crippen molar-refractivity contribution < 1.29 is 14.2 Å². The zero-order valence-corrected chi connectivity index (χ0v) is 10.2. The molecular weight excluding hydrogens is 227 g/mol.